The molecule has 0 aliphatic carbocycles. The molecule has 0 amide bonds. The van der Waals surface area contributed by atoms with Gasteiger partial charge in [0, 0.05) is 38.0 Å². The molecule has 0 fully saturated rings. The van der Waals surface area contributed by atoms with Gasteiger partial charge in [0.05, 0.1) is 8.07 Å². The molecule has 43 heavy (non-hydrogen) atoms. The van der Waals surface area contributed by atoms with E-state index in [-0.39, 0.29) is 25.7 Å². The van der Waals surface area contributed by atoms with E-state index in [1.54, 1.807) is 12.1 Å². The van der Waals surface area contributed by atoms with E-state index in [9.17, 15) is 0 Å². The maximum absolute atomic E-state index is 8.13. The Morgan fingerprint density at radius 2 is 1.37 bits per heavy atom. The molecule has 5 rings (SSSR count). The van der Waals surface area contributed by atoms with Crippen molar-refractivity contribution in [1.29, 1.82) is 0 Å². The molecule has 0 spiro atoms. The predicted octanol–water partition coefficient (Wildman–Crippen LogP) is 9.94. The summed E-state index contributed by atoms with van der Waals surface area (Å²) in [6, 6.07) is 33.5. The van der Waals surface area contributed by atoms with Gasteiger partial charge < -0.3 is 9.97 Å². The molecular weight excluding hydrogens is 717 g/mol. The molecule has 2 heterocycles. The average Bonchev–Trinajstić information content (AvgIpc) is 3.00. The van der Waals surface area contributed by atoms with Gasteiger partial charge in [-0.25, -0.2) is 0 Å². The van der Waals surface area contributed by atoms with E-state index >= 15 is 0 Å². The summed E-state index contributed by atoms with van der Waals surface area (Å²) >= 11 is 0. The molecule has 0 atom stereocenters. The second-order valence-corrected chi connectivity index (χ2v) is 17.4. The maximum Gasteiger partial charge on any atom is 0.0798 e. The third kappa shape index (κ3) is 9.40. The maximum atomic E-state index is 8.13. The Balaban J connectivity index is 0.000000259. The molecule has 2 nitrogen and oxygen atoms in total. The Labute approximate surface area is 280 Å². The number of rotatable bonds is 7. The van der Waals surface area contributed by atoms with Crippen LogP contribution in [0.3, 0.4) is 0 Å². The normalized spacial score (nSPS) is 13.0. The predicted molar refractivity (Wildman–Crippen MR) is 183 cm³/mol. The Hall–Kier alpha value is -3.17. The summed E-state index contributed by atoms with van der Waals surface area (Å²) in [6.07, 6.45) is 4.67. The van der Waals surface area contributed by atoms with Crippen LogP contribution in [0, 0.1) is 24.9 Å². The molecule has 0 unspecified atom stereocenters. The van der Waals surface area contributed by atoms with Gasteiger partial charge in [0.15, 0.2) is 0 Å². The van der Waals surface area contributed by atoms with Gasteiger partial charge in [-0.05, 0) is 63.9 Å². The molecule has 0 saturated heterocycles. The summed E-state index contributed by atoms with van der Waals surface area (Å²) in [5.41, 5.74) is 7.61. The van der Waals surface area contributed by atoms with Crippen LogP contribution in [0.25, 0.3) is 33.6 Å². The number of aromatic nitrogens is 2. The summed E-state index contributed by atoms with van der Waals surface area (Å²) in [5.74, 6) is -0.0338. The van der Waals surface area contributed by atoms with E-state index < -0.39 is 20.8 Å². The summed E-state index contributed by atoms with van der Waals surface area (Å²) in [6.45, 7) is 13.1. The van der Waals surface area contributed by atoms with Crippen LogP contribution in [0.15, 0.2) is 97.3 Å². The minimum Gasteiger partial charge on any atom is -0.305 e. The molecule has 0 aliphatic heterocycles. The monoisotopic (exact) mass is 765 g/mol. The fourth-order valence-electron chi connectivity index (χ4n) is 4.86. The molecule has 0 N–H and O–H groups in total. The molecule has 0 bridgehead atoms. The van der Waals surface area contributed by atoms with Gasteiger partial charge in [-0.15, -0.1) is 71.8 Å². The van der Waals surface area contributed by atoms with Crippen molar-refractivity contribution in [3.05, 3.63) is 126 Å². The van der Waals surface area contributed by atoms with Gasteiger partial charge in [0.25, 0.3) is 0 Å². The van der Waals surface area contributed by atoms with Crippen molar-refractivity contribution < 1.29 is 25.6 Å². The number of pyridine rings is 2. The average molecular weight is 765 g/mol. The molecule has 225 valence electrons. The molecule has 0 saturated carbocycles. The van der Waals surface area contributed by atoms with Crippen molar-refractivity contribution in [3.63, 3.8) is 0 Å². The number of aryl methyl sites for hydroxylation is 1. The summed E-state index contributed by atoms with van der Waals surface area (Å²) in [4.78, 5) is 9.02. The van der Waals surface area contributed by atoms with E-state index in [1.807, 2.05) is 74.5 Å². The van der Waals surface area contributed by atoms with Crippen molar-refractivity contribution in [2.24, 2.45) is 5.92 Å². The molecular formula is C39H44IrN2Si-2. The number of hydrogen-bond donors (Lipinski definition) is 0. The Morgan fingerprint density at radius 1 is 0.791 bits per heavy atom. The smallest absolute Gasteiger partial charge is 0.0798 e. The Kier molecular flexibility index (Phi) is 10.3. The van der Waals surface area contributed by atoms with Crippen molar-refractivity contribution in [1.82, 2.24) is 9.97 Å². The first kappa shape index (κ1) is 28.6. The van der Waals surface area contributed by atoms with E-state index in [1.165, 1.54) is 16.9 Å². The van der Waals surface area contributed by atoms with Crippen LogP contribution in [0.4, 0.5) is 0 Å². The second-order valence-electron chi connectivity index (χ2n) is 12.3. The molecule has 5 aromatic rings. The van der Waals surface area contributed by atoms with Crippen molar-refractivity contribution in [2.75, 3.05) is 0 Å². The van der Waals surface area contributed by atoms with Gasteiger partial charge in [0.1, 0.15) is 0 Å². The van der Waals surface area contributed by atoms with Crippen molar-refractivity contribution in [3.8, 4) is 33.6 Å². The molecule has 4 heteroatoms. The van der Waals surface area contributed by atoms with Gasteiger partial charge in [-0.1, -0.05) is 89.3 Å². The number of benzene rings is 3. The van der Waals surface area contributed by atoms with Crippen LogP contribution in [0.1, 0.15) is 55.8 Å². The van der Waals surface area contributed by atoms with Crippen LogP contribution >= 0.6 is 0 Å². The SMILES string of the molecule is CC(C)Cc1cc(-c2[c-]cccc2)ncc1[Si](C)(C)C.[2H]C([2H])([2H])c1cnc(-c2[c-]cccc2)cc1-c1ccc(C([2H])(C)C)cc1.[Ir]. The third-order valence-electron chi connectivity index (χ3n) is 7.07. The minimum atomic E-state index is -2.26. The van der Waals surface area contributed by atoms with Gasteiger partial charge >= 0.3 is 0 Å². The first-order chi connectivity index (χ1) is 21.5. The largest absolute Gasteiger partial charge is 0.305 e. The fraction of sp³-hybridized carbons (Fsp3) is 0.282. The molecule has 2 aromatic heterocycles. The number of nitrogens with zero attached hydrogens (tertiary/aromatic N) is 2. The topological polar surface area (TPSA) is 25.8 Å². The standard InChI is InChI=1S/C21H20N.C18H24NSi.Ir/c1-15(2)17-9-11-18(12-10-17)20-13-21(22-14-16(20)3)19-7-5-4-6-8-19;1-14(2)11-16-12-17(15-9-7-6-8-10-15)19-13-18(16)20(3,4)5;/h4-7,9-15H,1-3H3;6-9,12-14H,11H2,1-5H3;/q2*-1;/i3D3,15D;;. The van der Waals surface area contributed by atoms with E-state index in [2.05, 4.69) is 73.9 Å². The van der Waals surface area contributed by atoms with Crippen LogP contribution in [0.5, 0.6) is 0 Å². The summed E-state index contributed by atoms with van der Waals surface area (Å²) in [7, 11) is -1.34. The van der Waals surface area contributed by atoms with Gasteiger partial charge in [-0.3, -0.25) is 0 Å². The van der Waals surface area contributed by atoms with Crippen LogP contribution in [-0.2, 0) is 26.5 Å². The third-order valence-corrected chi connectivity index (χ3v) is 9.14. The number of hydrogen-bond acceptors (Lipinski definition) is 2. The van der Waals surface area contributed by atoms with Crippen molar-refractivity contribution >= 4 is 13.3 Å². The minimum absolute atomic E-state index is 0. The van der Waals surface area contributed by atoms with Gasteiger partial charge in [0.2, 0.25) is 0 Å². The second kappa shape index (κ2) is 15.5. The van der Waals surface area contributed by atoms with Gasteiger partial charge in [-0.2, -0.15) is 0 Å². The zero-order chi connectivity index (χ0) is 33.7. The Morgan fingerprint density at radius 3 is 1.86 bits per heavy atom. The van der Waals surface area contributed by atoms with Crippen LogP contribution in [-0.4, -0.2) is 18.0 Å². The summed E-state index contributed by atoms with van der Waals surface area (Å²) in [5, 5.41) is 1.49. The molecule has 3 aromatic carbocycles. The zero-order valence-electron chi connectivity index (χ0n) is 30.2. The molecule has 1 radical (unpaired) electrons. The molecule has 0 aliphatic rings. The summed E-state index contributed by atoms with van der Waals surface area (Å²) < 4.78 is 31.6. The fourth-order valence-corrected chi connectivity index (χ4v) is 6.45. The van der Waals surface area contributed by atoms with Crippen LogP contribution < -0.4 is 5.19 Å². The first-order valence-corrected chi connectivity index (χ1v) is 18.1. The van der Waals surface area contributed by atoms with Crippen LogP contribution in [0.2, 0.25) is 19.6 Å². The van der Waals surface area contributed by atoms with Crippen molar-refractivity contribution in [2.45, 2.75) is 66.5 Å². The Bertz CT molecular complexity index is 1730. The van der Waals surface area contributed by atoms with E-state index in [0.29, 0.717) is 17.2 Å². The van der Waals surface area contributed by atoms with E-state index in [0.717, 1.165) is 34.4 Å². The first-order valence-electron chi connectivity index (χ1n) is 16.6. The van der Waals surface area contributed by atoms with E-state index in [4.69, 9.17) is 5.48 Å². The zero-order valence-corrected chi connectivity index (χ0v) is 29.6. The quantitative estimate of drug-likeness (QED) is 0.122.